The number of alkyl carbamates (subject to hydrolysis) is 1. The molecule has 1 aliphatic heterocycles. The van der Waals surface area contributed by atoms with Gasteiger partial charge in [0.15, 0.2) is 0 Å². The number of carbonyl (C=O) groups is 2. The fourth-order valence-corrected chi connectivity index (χ4v) is 4.55. The molecule has 202 valence electrons. The maximum absolute atomic E-state index is 14.7. The van der Waals surface area contributed by atoms with Crippen molar-refractivity contribution in [3.8, 4) is 0 Å². The number of benzene rings is 2. The Morgan fingerprint density at radius 3 is 2.70 bits per heavy atom. The summed E-state index contributed by atoms with van der Waals surface area (Å²) in [6.45, 7) is 2.25. The van der Waals surface area contributed by atoms with Crippen LogP contribution in [-0.4, -0.2) is 65.1 Å². The van der Waals surface area contributed by atoms with Gasteiger partial charge in [-0.25, -0.2) is 9.18 Å². The van der Waals surface area contributed by atoms with Crippen molar-refractivity contribution in [2.45, 2.75) is 31.4 Å². The number of halogens is 2. The third-order valence-electron chi connectivity index (χ3n) is 6.32. The van der Waals surface area contributed by atoms with Gasteiger partial charge in [-0.3, -0.25) is 4.79 Å². The lowest BCUT2D eigenvalue weighted by molar-refractivity contribution is 0.0478. The summed E-state index contributed by atoms with van der Waals surface area (Å²) in [7, 11) is 3.13. The minimum atomic E-state index is -0.637. The minimum absolute atomic E-state index is 0.0479. The molecule has 2 amide bonds. The standard InChI is InChI=1S/C27H35ClFN3O5/c1-30-22(13-18-5-4-11-36-17-18)16-32-26(33)23-15-20(8-9-24(23)29)25(19-6-3-7-21(28)14-19)37-12-10-31-27(34)35-2/h3,6-9,14-15,18,22,25,30H,4-5,10-13,16-17H2,1-2H3,(H,31,34)(H,32,33)/t18?,22?,25-/m0/s1. The van der Waals surface area contributed by atoms with Gasteiger partial charge in [0.25, 0.3) is 5.91 Å². The maximum atomic E-state index is 14.7. The molecule has 1 heterocycles. The first-order valence-corrected chi connectivity index (χ1v) is 12.8. The molecule has 0 spiro atoms. The van der Waals surface area contributed by atoms with Gasteiger partial charge in [0, 0.05) is 37.4 Å². The highest BCUT2D eigenvalue weighted by molar-refractivity contribution is 6.30. The molecule has 0 aliphatic carbocycles. The average molecular weight is 536 g/mol. The van der Waals surface area contributed by atoms with Gasteiger partial charge in [0.1, 0.15) is 11.9 Å². The largest absolute Gasteiger partial charge is 0.453 e. The van der Waals surface area contributed by atoms with Crippen molar-refractivity contribution >= 4 is 23.6 Å². The van der Waals surface area contributed by atoms with Crippen LogP contribution in [0.15, 0.2) is 42.5 Å². The fourth-order valence-electron chi connectivity index (χ4n) is 4.35. The molecule has 3 N–H and O–H groups in total. The van der Waals surface area contributed by atoms with E-state index in [1.165, 1.54) is 19.2 Å². The SMILES string of the molecule is CNC(CNC(=O)c1cc([C@@H](OCCNC(=O)OC)c2cccc(Cl)c2)ccc1F)CC1CCCOC1. The summed E-state index contributed by atoms with van der Waals surface area (Å²) in [6, 6.07) is 11.5. The first-order valence-electron chi connectivity index (χ1n) is 12.4. The van der Waals surface area contributed by atoms with Gasteiger partial charge in [-0.05, 0) is 67.6 Å². The first kappa shape index (κ1) is 28.8. The molecular weight excluding hydrogens is 501 g/mol. The molecule has 3 rings (SSSR count). The Kier molecular flexibility index (Phi) is 11.6. The predicted molar refractivity (Wildman–Crippen MR) is 139 cm³/mol. The molecule has 1 saturated heterocycles. The summed E-state index contributed by atoms with van der Waals surface area (Å²) in [5.41, 5.74) is 1.24. The molecule has 10 heteroatoms. The Balaban J connectivity index is 1.71. The topological polar surface area (TPSA) is 97.9 Å². The Labute approximate surface area is 222 Å². The molecule has 8 nitrogen and oxygen atoms in total. The van der Waals surface area contributed by atoms with Gasteiger partial charge in [0.05, 0.1) is 19.3 Å². The number of hydrogen-bond acceptors (Lipinski definition) is 6. The quantitative estimate of drug-likeness (QED) is 0.354. The van der Waals surface area contributed by atoms with Crippen LogP contribution < -0.4 is 16.0 Å². The van der Waals surface area contributed by atoms with E-state index in [4.69, 9.17) is 21.1 Å². The summed E-state index contributed by atoms with van der Waals surface area (Å²) < 4.78 is 30.9. The molecule has 0 radical (unpaired) electrons. The fraction of sp³-hybridized carbons (Fsp3) is 0.481. The zero-order chi connectivity index (χ0) is 26.6. The first-order chi connectivity index (χ1) is 17.9. The van der Waals surface area contributed by atoms with E-state index < -0.39 is 23.9 Å². The molecule has 1 aliphatic rings. The second-order valence-corrected chi connectivity index (χ2v) is 9.41. The second-order valence-electron chi connectivity index (χ2n) is 8.98. The lowest BCUT2D eigenvalue weighted by Crippen LogP contribution is -2.41. The van der Waals surface area contributed by atoms with E-state index in [1.807, 2.05) is 13.1 Å². The van der Waals surface area contributed by atoms with Crippen molar-refractivity contribution in [2.75, 3.05) is 47.1 Å². The molecule has 37 heavy (non-hydrogen) atoms. The van der Waals surface area contributed by atoms with Crippen LogP contribution in [0.25, 0.3) is 0 Å². The van der Waals surface area contributed by atoms with E-state index in [9.17, 15) is 14.0 Å². The molecular formula is C27H35ClFN3O5. The number of carbonyl (C=O) groups excluding carboxylic acids is 2. The Morgan fingerprint density at radius 2 is 2.00 bits per heavy atom. The zero-order valence-electron chi connectivity index (χ0n) is 21.2. The van der Waals surface area contributed by atoms with Crippen molar-refractivity contribution < 1.29 is 28.2 Å². The average Bonchev–Trinajstić information content (AvgIpc) is 2.91. The van der Waals surface area contributed by atoms with E-state index in [0.29, 0.717) is 23.0 Å². The van der Waals surface area contributed by atoms with E-state index in [-0.39, 0.29) is 24.8 Å². The highest BCUT2D eigenvalue weighted by Gasteiger charge is 2.22. The van der Waals surface area contributed by atoms with Gasteiger partial charge < -0.3 is 30.2 Å². The maximum Gasteiger partial charge on any atom is 0.406 e. The van der Waals surface area contributed by atoms with Crippen LogP contribution in [-0.2, 0) is 14.2 Å². The predicted octanol–water partition coefficient (Wildman–Crippen LogP) is 4.08. The van der Waals surface area contributed by atoms with Crippen molar-refractivity contribution in [3.05, 3.63) is 70.0 Å². The zero-order valence-corrected chi connectivity index (χ0v) is 22.0. The van der Waals surface area contributed by atoms with Crippen molar-refractivity contribution in [3.63, 3.8) is 0 Å². The van der Waals surface area contributed by atoms with E-state index in [0.717, 1.165) is 38.0 Å². The molecule has 3 atom stereocenters. The van der Waals surface area contributed by atoms with Gasteiger partial charge in [0.2, 0.25) is 0 Å². The summed E-state index contributed by atoms with van der Waals surface area (Å²) in [5, 5.41) is 9.16. The third kappa shape index (κ3) is 8.96. The monoisotopic (exact) mass is 535 g/mol. The smallest absolute Gasteiger partial charge is 0.406 e. The third-order valence-corrected chi connectivity index (χ3v) is 6.56. The molecule has 2 aromatic carbocycles. The van der Waals surface area contributed by atoms with Gasteiger partial charge in [-0.2, -0.15) is 0 Å². The van der Waals surface area contributed by atoms with Crippen molar-refractivity contribution in [2.24, 2.45) is 5.92 Å². The van der Waals surface area contributed by atoms with E-state index in [2.05, 4.69) is 20.7 Å². The van der Waals surface area contributed by atoms with Crippen LogP contribution in [0.3, 0.4) is 0 Å². The number of methoxy groups -OCH3 is 1. The highest BCUT2D eigenvalue weighted by Crippen LogP contribution is 2.29. The molecule has 1 fully saturated rings. The minimum Gasteiger partial charge on any atom is -0.453 e. The number of hydrogen-bond donors (Lipinski definition) is 3. The number of rotatable bonds is 12. The lowest BCUT2D eigenvalue weighted by atomic mass is 9.94. The Bertz CT molecular complexity index is 1030. The summed E-state index contributed by atoms with van der Waals surface area (Å²) in [4.78, 5) is 24.3. The van der Waals surface area contributed by atoms with Crippen molar-refractivity contribution in [1.82, 2.24) is 16.0 Å². The lowest BCUT2D eigenvalue weighted by Gasteiger charge is -2.26. The summed E-state index contributed by atoms with van der Waals surface area (Å²) in [5.74, 6) is -0.690. The van der Waals surface area contributed by atoms with Gasteiger partial charge >= 0.3 is 6.09 Å². The number of likely N-dealkylation sites (N-methyl/N-ethyl adjacent to an activating group) is 1. The molecule has 2 unspecified atom stereocenters. The normalized spacial score (nSPS) is 17.0. The number of ether oxygens (including phenoxy) is 3. The van der Waals surface area contributed by atoms with Gasteiger partial charge in [-0.15, -0.1) is 0 Å². The molecule has 0 aromatic heterocycles. The van der Waals surface area contributed by atoms with Crippen LogP contribution in [0, 0.1) is 11.7 Å². The molecule has 0 bridgehead atoms. The van der Waals surface area contributed by atoms with Gasteiger partial charge in [-0.1, -0.05) is 29.8 Å². The van der Waals surface area contributed by atoms with E-state index in [1.54, 1.807) is 24.3 Å². The van der Waals surface area contributed by atoms with Crippen LogP contribution in [0.2, 0.25) is 5.02 Å². The second kappa shape index (κ2) is 14.9. The summed E-state index contributed by atoms with van der Waals surface area (Å²) in [6.07, 6.45) is 1.80. The van der Waals surface area contributed by atoms with Crippen LogP contribution in [0.5, 0.6) is 0 Å². The summed E-state index contributed by atoms with van der Waals surface area (Å²) >= 11 is 6.19. The van der Waals surface area contributed by atoms with Crippen molar-refractivity contribution in [1.29, 1.82) is 0 Å². The Morgan fingerprint density at radius 1 is 1.19 bits per heavy atom. The number of nitrogens with one attached hydrogen (secondary N) is 3. The molecule has 2 aromatic rings. The van der Waals surface area contributed by atoms with E-state index >= 15 is 0 Å². The van der Waals surface area contributed by atoms with Crippen LogP contribution in [0.1, 0.15) is 46.9 Å². The van der Waals surface area contributed by atoms with Crippen LogP contribution >= 0.6 is 11.6 Å². The highest BCUT2D eigenvalue weighted by atomic mass is 35.5. The van der Waals surface area contributed by atoms with Crippen LogP contribution in [0.4, 0.5) is 9.18 Å². The Hall–Kier alpha value is -2.72. The molecule has 0 saturated carbocycles. The number of amides is 2.